The fourth-order valence-electron chi connectivity index (χ4n) is 4.23. The summed E-state index contributed by atoms with van der Waals surface area (Å²) in [5.41, 5.74) is 3.67. The average Bonchev–Trinajstić information content (AvgIpc) is 2.95. The Kier molecular flexibility index (Phi) is 6.08. The van der Waals surface area contributed by atoms with Gasteiger partial charge in [0.15, 0.2) is 0 Å². The molecule has 0 spiro atoms. The largest absolute Gasteiger partial charge is 0.341 e. The number of amides is 4. The average molecular weight is 434 g/mol. The second-order valence-corrected chi connectivity index (χ2v) is 8.38. The first kappa shape index (κ1) is 21.7. The van der Waals surface area contributed by atoms with Crippen molar-refractivity contribution in [2.24, 2.45) is 0 Å². The van der Waals surface area contributed by atoms with E-state index in [0.29, 0.717) is 49.3 Å². The highest BCUT2D eigenvalue weighted by Crippen LogP contribution is 2.22. The smallest absolute Gasteiger partial charge is 0.261 e. The van der Waals surface area contributed by atoms with E-state index < -0.39 is 0 Å². The topological polar surface area (TPSA) is 78.0 Å². The van der Waals surface area contributed by atoms with Crippen LogP contribution in [0.25, 0.3) is 0 Å². The van der Waals surface area contributed by atoms with Crippen molar-refractivity contribution in [2.45, 2.75) is 26.7 Å². The summed E-state index contributed by atoms with van der Waals surface area (Å²) in [4.78, 5) is 55.3. The molecule has 2 heterocycles. The predicted molar refractivity (Wildman–Crippen MR) is 119 cm³/mol. The number of rotatable bonds is 4. The van der Waals surface area contributed by atoms with Crippen molar-refractivity contribution in [3.8, 4) is 0 Å². The van der Waals surface area contributed by atoms with Crippen LogP contribution in [0.3, 0.4) is 0 Å². The maximum atomic E-state index is 12.9. The Hall–Kier alpha value is -3.48. The van der Waals surface area contributed by atoms with Crippen LogP contribution in [0.1, 0.15) is 55.0 Å². The molecule has 0 atom stereocenters. The standard InChI is InChI=1S/C25H27N3O4/c1-17-8-9-19(16-18(17)2)23(30)27-12-5-11-26(14-15-27)22(29)10-13-28-24(31)20-6-3-4-7-21(20)25(28)32/h3-4,6-9,16H,5,10-15H2,1-2H3. The van der Waals surface area contributed by atoms with Crippen molar-refractivity contribution in [3.63, 3.8) is 0 Å². The molecular formula is C25H27N3O4. The molecule has 4 rings (SSSR count). The first-order valence-corrected chi connectivity index (χ1v) is 11.0. The molecule has 7 heteroatoms. The Morgan fingerprint density at radius 3 is 2.09 bits per heavy atom. The van der Waals surface area contributed by atoms with E-state index in [1.807, 2.05) is 32.0 Å². The van der Waals surface area contributed by atoms with Crippen LogP contribution in [0.15, 0.2) is 42.5 Å². The summed E-state index contributed by atoms with van der Waals surface area (Å²) >= 11 is 0. The zero-order chi connectivity index (χ0) is 22.8. The van der Waals surface area contributed by atoms with E-state index in [0.717, 1.165) is 16.0 Å². The van der Waals surface area contributed by atoms with Crippen molar-refractivity contribution in [2.75, 3.05) is 32.7 Å². The van der Waals surface area contributed by atoms with Gasteiger partial charge in [-0.25, -0.2) is 0 Å². The summed E-state index contributed by atoms with van der Waals surface area (Å²) in [6.07, 6.45) is 0.770. The Labute approximate surface area is 187 Å². The predicted octanol–water partition coefficient (Wildman–Crippen LogP) is 2.66. The van der Waals surface area contributed by atoms with E-state index in [1.54, 1.807) is 34.1 Å². The van der Waals surface area contributed by atoms with E-state index in [9.17, 15) is 19.2 Å². The highest BCUT2D eigenvalue weighted by Gasteiger charge is 2.35. The van der Waals surface area contributed by atoms with Crippen molar-refractivity contribution < 1.29 is 19.2 Å². The van der Waals surface area contributed by atoms with E-state index in [2.05, 4.69) is 0 Å². The fourth-order valence-corrected chi connectivity index (χ4v) is 4.23. The van der Waals surface area contributed by atoms with Gasteiger partial charge < -0.3 is 9.80 Å². The van der Waals surface area contributed by atoms with Gasteiger partial charge in [0.2, 0.25) is 5.91 Å². The molecule has 7 nitrogen and oxygen atoms in total. The third-order valence-electron chi connectivity index (χ3n) is 6.32. The van der Waals surface area contributed by atoms with Crippen LogP contribution < -0.4 is 0 Å². The highest BCUT2D eigenvalue weighted by atomic mass is 16.2. The number of imide groups is 1. The molecule has 1 fully saturated rings. The summed E-state index contributed by atoms with van der Waals surface area (Å²) in [6, 6.07) is 12.4. The Morgan fingerprint density at radius 1 is 0.812 bits per heavy atom. The molecule has 0 aliphatic carbocycles. The number of hydrogen-bond acceptors (Lipinski definition) is 4. The molecule has 4 amide bonds. The van der Waals surface area contributed by atoms with Crippen LogP contribution in [-0.2, 0) is 4.79 Å². The summed E-state index contributed by atoms with van der Waals surface area (Å²) in [6.45, 7) is 6.12. The molecule has 0 radical (unpaired) electrons. The number of carbonyl (C=O) groups is 4. The SMILES string of the molecule is Cc1ccc(C(=O)N2CCCN(C(=O)CCN3C(=O)c4ccccc4C3=O)CC2)cc1C. The Bertz CT molecular complexity index is 1060. The molecule has 2 aliphatic rings. The molecule has 0 N–H and O–H groups in total. The van der Waals surface area contributed by atoms with E-state index in [1.165, 1.54) is 0 Å². The molecule has 1 saturated heterocycles. The van der Waals surface area contributed by atoms with Crippen LogP contribution >= 0.6 is 0 Å². The van der Waals surface area contributed by atoms with Gasteiger partial charge in [-0.3, -0.25) is 24.1 Å². The summed E-state index contributed by atoms with van der Waals surface area (Å²) in [5, 5.41) is 0. The van der Waals surface area contributed by atoms with Gasteiger partial charge in [-0.1, -0.05) is 18.2 Å². The lowest BCUT2D eigenvalue weighted by Gasteiger charge is -2.23. The molecule has 32 heavy (non-hydrogen) atoms. The zero-order valence-electron chi connectivity index (χ0n) is 18.5. The summed E-state index contributed by atoms with van der Waals surface area (Å²) < 4.78 is 0. The Morgan fingerprint density at radius 2 is 1.44 bits per heavy atom. The van der Waals surface area contributed by atoms with Gasteiger partial charge in [-0.05, 0) is 55.7 Å². The van der Waals surface area contributed by atoms with Gasteiger partial charge in [0.1, 0.15) is 0 Å². The van der Waals surface area contributed by atoms with Crippen molar-refractivity contribution in [1.82, 2.24) is 14.7 Å². The third kappa shape index (κ3) is 4.15. The molecular weight excluding hydrogens is 406 g/mol. The van der Waals surface area contributed by atoms with E-state index in [4.69, 9.17) is 0 Å². The number of carbonyl (C=O) groups excluding carboxylic acids is 4. The monoisotopic (exact) mass is 433 g/mol. The first-order valence-electron chi connectivity index (χ1n) is 11.0. The zero-order valence-corrected chi connectivity index (χ0v) is 18.5. The maximum absolute atomic E-state index is 12.9. The van der Waals surface area contributed by atoms with Crippen LogP contribution in [0.5, 0.6) is 0 Å². The Balaban J connectivity index is 1.33. The quantitative estimate of drug-likeness (QED) is 0.695. The minimum atomic E-state index is -0.348. The van der Waals surface area contributed by atoms with Crippen LogP contribution in [-0.4, -0.2) is 71.1 Å². The van der Waals surface area contributed by atoms with Crippen LogP contribution in [0, 0.1) is 13.8 Å². The molecule has 0 unspecified atom stereocenters. The summed E-state index contributed by atoms with van der Waals surface area (Å²) in [7, 11) is 0. The molecule has 0 saturated carbocycles. The van der Waals surface area contributed by atoms with Crippen LogP contribution in [0.2, 0.25) is 0 Å². The second kappa shape index (κ2) is 8.94. The highest BCUT2D eigenvalue weighted by molar-refractivity contribution is 6.21. The van der Waals surface area contributed by atoms with Crippen molar-refractivity contribution >= 4 is 23.6 Å². The normalized spacial score (nSPS) is 16.2. The second-order valence-electron chi connectivity index (χ2n) is 8.38. The van der Waals surface area contributed by atoms with Gasteiger partial charge in [0.05, 0.1) is 11.1 Å². The number of hydrogen-bond donors (Lipinski definition) is 0. The number of nitrogens with zero attached hydrogens (tertiary/aromatic N) is 3. The third-order valence-corrected chi connectivity index (χ3v) is 6.32. The molecule has 2 aromatic rings. The lowest BCUT2D eigenvalue weighted by Crippen LogP contribution is -2.39. The van der Waals surface area contributed by atoms with E-state index >= 15 is 0 Å². The van der Waals surface area contributed by atoms with Crippen molar-refractivity contribution in [3.05, 3.63) is 70.3 Å². The lowest BCUT2D eigenvalue weighted by molar-refractivity contribution is -0.131. The van der Waals surface area contributed by atoms with Gasteiger partial charge in [0, 0.05) is 44.7 Å². The van der Waals surface area contributed by atoms with E-state index in [-0.39, 0.29) is 36.6 Å². The number of fused-ring (bicyclic) bond motifs is 1. The lowest BCUT2D eigenvalue weighted by atomic mass is 10.1. The first-order chi connectivity index (χ1) is 15.4. The molecule has 0 aromatic heterocycles. The molecule has 2 aromatic carbocycles. The van der Waals surface area contributed by atoms with Crippen molar-refractivity contribution in [1.29, 1.82) is 0 Å². The maximum Gasteiger partial charge on any atom is 0.261 e. The van der Waals surface area contributed by atoms with Gasteiger partial charge in [-0.2, -0.15) is 0 Å². The fraction of sp³-hybridized carbons (Fsp3) is 0.360. The minimum absolute atomic E-state index is 0.0200. The van der Waals surface area contributed by atoms with Gasteiger partial charge in [0.25, 0.3) is 17.7 Å². The molecule has 166 valence electrons. The molecule has 2 aliphatic heterocycles. The molecule has 0 bridgehead atoms. The van der Waals surface area contributed by atoms with Crippen LogP contribution in [0.4, 0.5) is 0 Å². The minimum Gasteiger partial charge on any atom is -0.341 e. The summed E-state index contributed by atoms with van der Waals surface area (Å²) in [5.74, 6) is -0.825. The van der Waals surface area contributed by atoms with Gasteiger partial charge in [-0.15, -0.1) is 0 Å². The van der Waals surface area contributed by atoms with Gasteiger partial charge >= 0.3 is 0 Å². The number of benzene rings is 2. The number of aryl methyl sites for hydroxylation is 2.